The van der Waals surface area contributed by atoms with E-state index in [1.807, 2.05) is 0 Å². The van der Waals surface area contributed by atoms with Gasteiger partial charge in [0.05, 0.1) is 24.2 Å². The smallest absolute Gasteiger partial charge is 0.240 e. The van der Waals surface area contributed by atoms with E-state index in [2.05, 4.69) is 4.72 Å². The van der Waals surface area contributed by atoms with Gasteiger partial charge in [-0.15, -0.1) is 0 Å². The SMILES string of the molecule is CCOc1ccc(S(=O)(=O)NC[C@@H](O)c2ccc3c(c2)CCO3)cc1F. The minimum absolute atomic E-state index is 0.00755. The maximum absolute atomic E-state index is 13.9. The highest BCUT2D eigenvalue weighted by Crippen LogP contribution is 2.28. The molecule has 1 atom stereocenters. The second kappa shape index (κ2) is 7.61. The number of rotatable bonds is 7. The molecule has 1 aliphatic heterocycles. The first-order valence-corrected chi connectivity index (χ1v) is 9.74. The first-order chi connectivity index (χ1) is 12.4. The fourth-order valence-electron chi connectivity index (χ4n) is 2.72. The molecule has 3 rings (SSSR count). The summed E-state index contributed by atoms with van der Waals surface area (Å²) < 4.78 is 51.3. The highest BCUT2D eigenvalue weighted by molar-refractivity contribution is 7.89. The van der Waals surface area contributed by atoms with Gasteiger partial charge in [-0.2, -0.15) is 0 Å². The topological polar surface area (TPSA) is 84.9 Å². The first kappa shape index (κ1) is 18.6. The van der Waals surface area contributed by atoms with Crippen LogP contribution in [0.15, 0.2) is 41.3 Å². The number of aliphatic hydroxyl groups is 1. The van der Waals surface area contributed by atoms with Gasteiger partial charge in [0.1, 0.15) is 5.75 Å². The second-order valence-electron chi connectivity index (χ2n) is 5.86. The van der Waals surface area contributed by atoms with Crippen LogP contribution >= 0.6 is 0 Å². The van der Waals surface area contributed by atoms with Crippen molar-refractivity contribution in [2.45, 2.75) is 24.3 Å². The van der Waals surface area contributed by atoms with Gasteiger partial charge in [0.2, 0.25) is 10.0 Å². The Morgan fingerprint density at radius 1 is 1.31 bits per heavy atom. The molecule has 0 unspecified atom stereocenters. The normalized spacial score (nSPS) is 14.6. The molecule has 0 bridgehead atoms. The Labute approximate surface area is 151 Å². The summed E-state index contributed by atoms with van der Waals surface area (Å²) in [6.07, 6.45) is -0.268. The van der Waals surface area contributed by atoms with E-state index in [4.69, 9.17) is 9.47 Å². The Hall–Kier alpha value is -2.16. The number of fused-ring (bicyclic) bond motifs is 1. The van der Waals surface area contributed by atoms with Gasteiger partial charge in [-0.05, 0) is 48.4 Å². The van der Waals surface area contributed by atoms with Gasteiger partial charge in [0, 0.05) is 13.0 Å². The molecule has 2 aromatic carbocycles. The molecule has 26 heavy (non-hydrogen) atoms. The van der Waals surface area contributed by atoms with Crippen LogP contribution in [0, 0.1) is 5.82 Å². The van der Waals surface area contributed by atoms with Crippen molar-refractivity contribution in [3.8, 4) is 11.5 Å². The van der Waals surface area contributed by atoms with Crippen molar-refractivity contribution in [1.82, 2.24) is 4.72 Å². The number of benzene rings is 2. The maximum atomic E-state index is 13.9. The number of aliphatic hydroxyl groups excluding tert-OH is 1. The molecule has 0 amide bonds. The maximum Gasteiger partial charge on any atom is 0.240 e. The molecule has 0 saturated heterocycles. The van der Waals surface area contributed by atoms with E-state index < -0.39 is 21.9 Å². The van der Waals surface area contributed by atoms with Gasteiger partial charge in [0.15, 0.2) is 11.6 Å². The molecule has 140 valence electrons. The lowest BCUT2D eigenvalue weighted by Crippen LogP contribution is -2.28. The van der Waals surface area contributed by atoms with E-state index in [0.29, 0.717) is 12.2 Å². The molecule has 0 radical (unpaired) electrons. The van der Waals surface area contributed by atoms with Crippen LogP contribution in [0.2, 0.25) is 0 Å². The van der Waals surface area contributed by atoms with Crippen LogP contribution in [0.5, 0.6) is 11.5 Å². The van der Waals surface area contributed by atoms with Gasteiger partial charge in [-0.25, -0.2) is 17.5 Å². The Morgan fingerprint density at radius 3 is 2.85 bits per heavy atom. The van der Waals surface area contributed by atoms with Crippen molar-refractivity contribution in [2.75, 3.05) is 19.8 Å². The van der Waals surface area contributed by atoms with Crippen molar-refractivity contribution in [3.05, 3.63) is 53.3 Å². The Bertz CT molecular complexity index is 900. The first-order valence-electron chi connectivity index (χ1n) is 8.26. The summed E-state index contributed by atoms with van der Waals surface area (Å²) in [6, 6.07) is 8.68. The van der Waals surface area contributed by atoms with Crippen LogP contribution in [-0.4, -0.2) is 33.3 Å². The second-order valence-corrected chi connectivity index (χ2v) is 7.63. The Kier molecular flexibility index (Phi) is 5.45. The highest BCUT2D eigenvalue weighted by Gasteiger charge is 2.20. The summed E-state index contributed by atoms with van der Waals surface area (Å²) in [5.41, 5.74) is 1.58. The van der Waals surface area contributed by atoms with Crippen LogP contribution in [0.4, 0.5) is 4.39 Å². The van der Waals surface area contributed by atoms with Gasteiger partial charge in [0.25, 0.3) is 0 Å². The van der Waals surface area contributed by atoms with E-state index >= 15 is 0 Å². The predicted molar refractivity (Wildman–Crippen MR) is 93.4 cm³/mol. The summed E-state index contributed by atoms with van der Waals surface area (Å²) in [7, 11) is -3.96. The molecule has 6 nitrogen and oxygen atoms in total. The summed E-state index contributed by atoms with van der Waals surface area (Å²) in [4.78, 5) is -0.229. The summed E-state index contributed by atoms with van der Waals surface area (Å²) in [5.74, 6) is 0.0205. The molecule has 0 aliphatic carbocycles. The lowest BCUT2D eigenvalue weighted by molar-refractivity contribution is 0.182. The fourth-order valence-corrected chi connectivity index (χ4v) is 3.77. The van der Waals surface area contributed by atoms with E-state index in [0.717, 1.165) is 23.8 Å². The molecule has 0 fully saturated rings. The molecular formula is C18H20FNO5S. The van der Waals surface area contributed by atoms with Gasteiger partial charge >= 0.3 is 0 Å². The average Bonchev–Trinajstić information content (AvgIpc) is 3.09. The number of halogens is 1. The standard InChI is InChI=1S/C18H20FNO5S/c1-2-24-18-6-4-14(10-15(18)19)26(22,23)20-11-16(21)12-3-5-17-13(9-12)7-8-25-17/h3-6,9-10,16,20-21H,2,7-8,11H2,1H3/t16-/m1/s1. The van der Waals surface area contributed by atoms with E-state index in [1.165, 1.54) is 12.1 Å². The number of hydrogen-bond acceptors (Lipinski definition) is 5. The van der Waals surface area contributed by atoms with Crippen LogP contribution in [0.25, 0.3) is 0 Å². The molecule has 1 aliphatic rings. The Balaban J connectivity index is 1.69. The molecule has 0 aromatic heterocycles. The summed E-state index contributed by atoms with van der Waals surface area (Å²) in [6.45, 7) is 2.36. The van der Waals surface area contributed by atoms with E-state index in [-0.39, 0.29) is 23.8 Å². The van der Waals surface area contributed by atoms with Gasteiger partial charge in [-0.1, -0.05) is 6.07 Å². The van der Waals surface area contributed by atoms with Crippen LogP contribution in [-0.2, 0) is 16.4 Å². The highest BCUT2D eigenvalue weighted by atomic mass is 32.2. The number of hydrogen-bond donors (Lipinski definition) is 2. The average molecular weight is 381 g/mol. The fraction of sp³-hybridized carbons (Fsp3) is 0.333. The number of nitrogens with one attached hydrogen (secondary N) is 1. The lowest BCUT2D eigenvalue weighted by Gasteiger charge is -2.14. The predicted octanol–water partition coefficient (Wildman–Crippen LogP) is 2.17. The molecule has 2 N–H and O–H groups in total. The van der Waals surface area contributed by atoms with E-state index in [1.54, 1.807) is 25.1 Å². The molecular weight excluding hydrogens is 361 g/mol. The number of ether oxygens (including phenoxy) is 2. The zero-order chi connectivity index (χ0) is 18.7. The summed E-state index contributed by atoms with van der Waals surface area (Å²) >= 11 is 0. The zero-order valence-electron chi connectivity index (χ0n) is 14.2. The zero-order valence-corrected chi connectivity index (χ0v) is 15.1. The third kappa shape index (κ3) is 3.98. The molecule has 1 heterocycles. The van der Waals surface area contributed by atoms with Crippen molar-refractivity contribution in [1.29, 1.82) is 0 Å². The van der Waals surface area contributed by atoms with Gasteiger partial charge in [-0.3, -0.25) is 0 Å². The van der Waals surface area contributed by atoms with E-state index in [9.17, 15) is 17.9 Å². The van der Waals surface area contributed by atoms with Crippen molar-refractivity contribution in [2.24, 2.45) is 0 Å². The Morgan fingerprint density at radius 2 is 2.12 bits per heavy atom. The molecule has 0 saturated carbocycles. The largest absolute Gasteiger partial charge is 0.493 e. The van der Waals surface area contributed by atoms with Crippen LogP contribution in [0.3, 0.4) is 0 Å². The quantitative estimate of drug-likeness (QED) is 0.768. The monoisotopic (exact) mass is 381 g/mol. The van der Waals surface area contributed by atoms with Crippen molar-refractivity contribution in [3.63, 3.8) is 0 Å². The summed E-state index contributed by atoms with van der Waals surface area (Å²) in [5, 5.41) is 10.3. The van der Waals surface area contributed by atoms with Crippen LogP contribution < -0.4 is 14.2 Å². The lowest BCUT2D eigenvalue weighted by atomic mass is 10.0. The minimum atomic E-state index is -3.96. The molecule has 0 spiro atoms. The van der Waals surface area contributed by atoms with Gasteiger partial charge < -0.3 is 14.6 Å². The molecule has 8 heteroatoms. The third-order valence-corrected chi connectivity index (χ3v) is 5.50. The third-order valence-electron chi connectivity index (χ3n) is 4.08. The molecule has 2 aromatic rings. The minimum Gasteiger partial charge on any atom is -0.493 e. The van der Waals surface area contributed by atoms with Crippen LogP contribution in [0.1, 0.15) is 24.2 Å². The van der Waals surface area contributed by atoms with Crippen molar-refractivity contribution < 1.29 is 27.4 Å². The number of sulfonamides is 1. The van der Waals surface area contributed by atoms with Crippen molar-refractivity contribution >= 4 is 10.0 Å².